The average Bonchev–Trinajstić information content (AvgIpc) is 3.68. The van der Waals surface area contributed by atoms with Crippen LogP contribution in [0.2, 0.25) is 0 Å². The van der Waals surface area contributed by atoms with Crippen molar-refractivity contribution >= 4 is 0 Å². The normalized spacial score (nSPS) is 11.8. The number of rotatable bonds is 35. The summed E-state index contributed by atoms with van der Waals surface area (Å²) < 4.78 is 81.1. The molecule has 0 saturated heterocycles. The molecule has 446 valence electrons. The number of aliphatic hydroxyl groups is 2. The van der Waals surface area contributed by atoms with E-state index in [4.69, 9.17) is 66.3 Å². The van der Waals surface area contributed by atoms with Gasteiger partial charge >= 0.3 is 0 Å². The molecule has 0 fully saturated rings. The Balaban J connectivity index is 1.42. The molecule has 0 saturated carbocycles. The Labute approximate surface area is 485 Å². The zero-order valence-electron chi connectivity index (χ0n) is 50.6. The minimum absolute atomic E-state index is 0.0238. The van der Waals surface area contributed by atoms with E-state index < -0.39 is 0 Å². The van der Waals surface area contributed by atoms with E-state index in [2.05, 4.69) is 24.3 Å². The second-order valence-corrected chi connectivity index (χ2v) is 20.0. The molecule has 6 aromatic carbocycles. The minimum Gasteiger partial charge on any atom is -0.496 e. The molecule has 0 aliphatic carbocycles. The van der Waals surface area contributed by atoms with E-state index in [1.54, 1.807) is 99.5 Å². The van der Waals surface area contributed by atoms with Crippen molar-refractivity contribution < 1.29 is 76.5 Å². The zero-order chi connectivity index (χ0) is 59.3. The fourth-order valence-corrected chi connectivity index (χ4v) is 11.2. The van der Waals surface area contributed by atoms with Crippen molar-refractivity contribution in [3.05, 3.63) is 128 Å². The lowest BCUT2D eigenvalue weighted by Crippen LogP contribution is -2.24. The van der Waals surface area contributed by atoms with Crippen molar-refractivity contribution in [1.29, 1.82) is 0 Å². The maximum Gasteiger partial charge on any atom is 0.203 e. The second-order valence-electron chi connectivity index (χ2n) is 20.0. The van der Waals surface area contributed by atoms with Crippen LogP contribution in [-0.4, -0.2) is 123 Å². The Bertz CT molecular complexity index is 2730. The molecular formula is C66H86O16. The number of hydrogen-bond donors (Lipinski definition) is 2. The van der Waals surface area contributed by atoms with Gasteiger partial charge in [-0.25, -0.2) is 0 Å². The highest BCUT2D eigenvalue weighted by atomic mass is 16.6. The summed E-state index contributed by atoms with van der Waals surface area (Å²) >= 11 is 0. The summed E-state index contributed by atoms with van der Waals surface area (Å²) in [7, 11) is 22.8. The Hall–Kier alpha value is -7.56. The summed E-state index contributed by atoms with van der Waals surface area (Å²) in [4.78, 5) is 0. The first kappa shape index (κ1) is 63.6. The van der Waals surface area contributed by atoms with Gasteiger partial charge in [0.25, 0.3) is 0 Å². The predicted octanol–water partition coefficient (Wildman–Crippen LogP) is 10.7. The lowest BCUT2D eigenvalue weighted by molar-refractivity contribution is 0.158. The summed E-state index contributed by atoms with van der Waals surface area (Å²) in [6, 6.07) is 24.8. The van der Waals surface area contributed by atoms with Crippen molar-refractivity contribution in [3.8, 4) is 80.5 Å². The number of hydrogen-bond acceptors (Lipinski definition) is 16. The number of methoxy groups -OCH3 is 14. The van der Waals surface area contributed by atoms with Gasteiger partial charge in [0, 0.05) is 13.2 Å². The van der Waals surface area contributed by atoms with Gasteiger partial charge in [-0.1, -0.05) is 24.3 Å². The van der Waals surface area contributed by atoms with Crippen LogP contribution in [-0.2, 0) is 64.2 Å². The first-order valence-electron chi connectivity index (χ1n) is 27.6. The first-order valence-corrected chi connectivity index (χ1v) is 27.6. The molecule has 0 spiro atoms. The third-order valence-corrected chi connectivity index (χ3v) is 15.3. The maximum atomic E-state index is 11.6. The number of benzene rings is 6. The van der Waals surface area contributed by atoms with E-state index in [9.17, 15) is 10.2 Å². The van der Waals surface area contributed by atoms with Gasteiger partial charge < -0.3 is 76.5 Å². The van der Waals surface area contributed by atoms with Crippen LogP contribution in [0.3, 0.4) is 0 Å². The zero-order valence-corrected chi connectivity index (χ0v) is 50.6. The molecule has 6 aromatic rings. The molecule has 82 heavy (non-hydrogen) atoms. The summed E-state index contributed by atoms with van der Waals surface area (Å²) in [5.41, 5.74) is 10.3. The van der Waals surface area contributed by atoms with Gasteiger partial charge in [0.15, 0.2) is 46.0 Å². The van der Waals surface area contributed by atoms with E-state index in [1.165, 1.54) is 0 Å². The van der Waals surface area contributed by atoms with Gasteiger partial charge in [-0.3, -0.25) is 0 Å². The monoisotopic (exact) mass is 1130 g/mol. The third-order valence-electron chi connectivity index (χ3n) is 15.3. The molecule has 0 bridgehead atoms. The molecule has 16 heteroatoms. The summed E-state index contributed by atoms with van der Waals surface area (Å²) in [6.45, 7) is -0.0438. The largest absolute Gasteiger partial charge is 0.496 e. The Morgan fingerprint density at radius 1 is 0.268 bits per heavy atom. The van der Waals surface area contributed by atoms with Crippen LogP contribution in [0.4, 0.5) is 0 Å². The average molecular weight is 1140 g/mol. The van der Waals surface area contributed by atoms with Gasteiger partial charge in [0.05, 0.1) is 99.5 Å². The highest BCUT2D eigenvalue weighted by molar-refractivity contribution is 5.58. The van der Waals surface area contributed by atoms with Crippen LogP contribution < -0.4 is 66.3 Å². The van der Waals surface area contributed by atoms with E-state index in [0.717, 1.165) is 67.1 Å². The van der Waals surface area contributed by atoms with Crippen molar-refractivity contribution in [1.82, 2.24) is 0 Å². The smallest absolute Gasteiger partial charge is 0.203 e. The molecule has 0 aromatic heterocycles. The van der Waals surface area contributed by atoms with Gasteiger partial charge in [-0.2, -0.15) is 0 Å². The molecular weight excluding hydrogens is 1050 g/mol. The topological polar surface area (TPSA) is 170 Å². The van der Waals surface area contributed by atoms with Crippen LogP contribution in [0.25, 0.3) is 0 Å². The quantitative estimate of drug-likeness (QED) is 0.0385. The molecule has 0 heterocycles. The van der Waals surface area contributed by atoms with E-state index in [0.29, 0.717) is 146 Å². The third kappa shape index (κ3) is 15.5. The number of aryl methyl sites for hydroxylation is 8. The lowest BCUT2D eigenvalue weighted by Gasteiger charge is -2.28. The highest BCUT2D eigenvalue weighted by Crippen LogP contribution is 2.44. The molecule has 0 radical (unpaired) electrons. The summed E-state index contributed by atoms with van der Waals surface area (Å²) in [6.07, 6.45) is 7.61. The predicted molar refractivity (Wildman–Crippen MR) is 318 cm³/mol. The first-order chi connectivity index (χ1) is 39.9. The number of ether oxygens (including phenoxy) is 14. The molecule has 0 aliphatic rings. The van der Waals surface area contributed by atoms with Crippen LogP contribution in [0.15, 0.2) is 72.8 Å². The number of aliphatic hydroxyl groups excluding tert-OH is 2. The molecule has 16 nitrogen and oxygen atoms in total. The molecule has 6 rings (SSSR count). The lowest BCUT2D eigenvalue weighted by atomic mass is 9.79. The summed E-state index contributed by atoms with van der Waals surface area (Å²) in [5.74, 6) is 8.18. The van der Waals surface area contributed by atoms with Crippen LogP contribution in [0.5, 0.6) is 80.5 Å². The minimum atomic E-state index is -0.182. The van der Waals surface area contributed by atoms with E-state index in [1.807, 2.05) is 48.5 Å². The molecule has 2 N–H and O–H groups in total. The maximum absolute atomic E-state index is 11.6. The SMILES string of the molecule is COc1cc(CCc2cc(C[C@@H](CO)[C@H](CCCO)Cc3cc(CCc4cc(OC)c(OC)c(OC)c4)c(OC)c(CCc4cc(OC)c(OC)c(OC)c4)c3)cc(CCc3cc(OC)c(OC)c(OC)c3)c2OC)cc(OC)c1OC. The van der Waals surface area contributed by atoms with Gasteiger partial charge in [0.1, 0.15) is 11.5 Å². The molecule has 0 unspecified atom stereocenters. The molecule has 2 atom stereocenters. The Kier molecular flexibility index (Phi) is 24.5. The van der Waals surface area contributed by atoms with Crippen molar-refractivity contribution in [2.45, 2.75) is 77.0 Å². The summed E-state index contributed by atoms with van der Waals surface area (Å²) in [5, 5.41) is 22.0. The molecule has 0 amide bonds. The van der Waals surface area contributed by atoms with Crippen molar-refractivity contribution in [2.24, 2.45) is 11.8 Å². The van der Waals surface area contributed by atoms with Crippen molar-refractivity contribution in [3.63, 3.8) is 0 Å². The van der Waals surface area contributed by atoms with Crippen LogP contribution in [0, 0.1) is 11.8 Å². The standard InChI is InChI=1S/C66H86O16/c1-69-53-32-41(33-54(70-2)63(53)79-11)17-21-48-27-45(28-49(61(48)77-9)22-18-42-34-55(71-3)64(80-12)56(35-42)72-4)26-47(16-15-25-67)52(40-68)31-46-29-50(23-19-43-36-57(73-5)65(81-13)58(37-43)74-6)62(78-10)51(30-46)24-20-44-38-59(75-7)66(82-14)60(39-44)76-8/h27-30,32-39,47,52,67-68H,15-26,31,40H2,1-14H3/t47-,52+/m1/s1. The van der Waals surface area contributed by atoms with Gasteiger partial charge in [0.2, 0.25) is 23.0 Å². The van der Waals surface area contributed by atoms with Gasteiger partial charge in [-0.15, -0.1) is 0 Å². The second kappa shape index (κ2) is 31.6. The van der Waals surface area contributed by atoms with Crippen LogP contribution >= 0.6 is 0 Å². The fourth-order valence-electron chi connectivity index (χ4n) is 11.2. The van der Waals surface area contributed by atoms with Gasteiger partial charge in [-0.05, 0) is 193 Å². The van der Waals surface area contributed by atoms with E-state index in [-0.39, 0.29) is 25.0 Å². The fraction of sp³-hybridized carbons (Fsp3) is 0.455. The Morgan fingerprint density at radius 3 is 0.695 bits per heavy atom. The van der Waals surface area contributed by atoms with Crippen molar-refractivity contribution in [2.75, 3.05) is 113 Å². The van der Waals surface area contributed by atoms with E-state index >= 15 is 0 Å². The van der Waals surface area contributed by atoms with Crippen LogP contribution in [0.1, 0.15) is 68.5 Å². The highest BCUT2D eigenvalue weighted by Gasteiger charge is 2.26. The molecule has 0 aliphatic heterocycles. The Morgan fingerprint density at radius 2 is 0.500 bits per heavy atom.